The van der Waals surface area contributed by atoms with Crippen LogP contribution in [0.25, 0.3) is 0 Å². The van der Waals surface area contributed by atoms with E-state index in [1.807, 2.05) is 17.0 Å². The van der Waals surface area contributed by atoms with Gasteiger partial charge in [0.2, 0.25) is 0 Å². The van der Waals surface area contributed by atoms with Crippen LogP contribution in [-0.2, 0) is 9.47 Å². The first-order valence-corrected chi connectivity index (χ1v) is 9.14. The number of hydrogen-bond acceptors (Lipinski definition) is 4. The van der Waals surface area contributed by atoms with E-state index in [1.165, 1.54) is 12.8 Å². The zero-order valence-electron chi connectivity index (χ0n) is 14.2. The molecule has 24 heavy (non-hydrogen) atoms. The molecule has 3 fully saturated rings. The molecule has 0 unspecified atom stereocenters. The van der Waals surface area contributed by atoms with Gasteiger partial charge in [0.1, 0.15) is 5.69 Å². The molecule has 1 spiro atoms. The normalized spacial score (nSPS) is 26.0. The third kappa shape index (κ3) is 3.62. The fourth-order valence-electron chi connectivity index (χ4n) is 3.84. The first-order valence-electron chi connectivity index (χ1n) is 9.14. The number of nitrogens with zero attached hydrogens (tertiary/aromatic N) is 2. The molecule has 1 atom stereocenters. The summed E-state index contributed by atoms with van der Waals surface area (Å²) in [6.07, 6.45) is 7.68. The van der Waals surface area contributed by atoms with Crippen molar-refractivity contribution in [2.45, 2.75) is 38.2 Å². The molecule has 3 heterocycles. The highest BCUT2D eigenvalue weighted by Gasteiger charge is 2.43. The first-order chi connectivity index (χ1) is 11.7. The Morgan fingerprint density at radius 3 is 2.83 bits per heavy atom. The van der Waals surface area contributed by atoms with E-state index in [2.05, 4.69) is 4.98 Å². The molecule has 1 aliphatic carbocycles. The molecule has 2 aliphatic heterocycles. The largest absolute Gasteiger partial charge is 0.378 e. The van der Waals surface area contributed by atoms with Gasteiger partial charge in [-0.1, -0.05) is 6.07 Å². The van der Waals surface area contributed by atoms with Gasteiger partial charge in [0, 0.05) is 25.9 Å². The third-order valence-electron chi connectivity index (χ3n) is 5.64. The second kappa shape index (κ2) is 6.81. The summed E-state index contributed by atoms with van der Waals surface area (Å²) >= 11 is 0. The minimum Gasteiger partial charge on any atom is -0.378 e. The second-order valence-corrected chi connectivity index (χ2v) is 7.63. The van der Waals surface area contributed by atoms with Crippen molar-refractivity contribution in [3.8, 4) is 0 Å². The molecule has 5 heteroatoms. The summed E-state index contributed by atoms with van der Waals surface area (Å²) in [7, 11) is 0. The molecule has 3 aliphatic rings. The summed E-state index contributed by atoms with van der Waals surface area (Å²) in [5.41, 5.74) is 0.789. The number of carbonyl (C=O) groups excluding carboxylic acids is 1. The van der Waals surface area contributed by atoms with Gasteiger partial charge in [-0.15, -0.1) is 0 Å². The fraction of sp³-hybridized carbons (Fsp3) is 0.684. The van der Waals surface area contributed by atoms with Crippen LogP contribution in [0.3, 0.4) is 0 Å². The van der Waals surface area contributed by atoms with Crippen molar-refractivity contribution < 1.29 is 14.3 Å². The topological polar surface area (TPSA) is 51.7 Å². The molecule has 5 nitrogen and oxygen atoms in total. The Bertz CT molecular complexity index is 565. The number of rotatable bonds is 5. The number of pyridine rings is 1. The van der Waals surface area contributed by atoms with Crippen molar-refractivity contribution in [1.82, 2.24) is 9.88 Å². The van der Waals surface area contributed by atoms with E-state index in [0.29, 0.717) is 5.69 Å². The molecular weight excluding hydrogens is 304 g/mol. The molecule has 0 bridgehead atoms. The van der Waals surface area contributed by atoms with E-state index >= 15 is 0 Å². The van der Waals surface area contributed by atoms with Crippen molar-refractivity contribution in [1.29, 1.82) is 0 Å². The summed E-state index contributed by atoms with van der Waals surface area (Å²) in [6.45, 7) is 4.05. The van der Waals surface area contributed by atoms with Crippen LogP contribution in [0, 0.1) is 11.3 Å². The predicted octanol–water partition coefficient (Wildman–Crippen LogP) is 2.52. The van der Waals surface area contributed by atoms with Gasteiger partial charge in [0.15, 0.2) is 0 Å². The zero-order valence-corrected chi connectivity index (χ0v) is 14.2. The number of aromatic nitrogens is 1. The van der Waals surface area contributed by atoms with Gasteiger partial charge in [-0.25, -0.2) is 0 Å². The maximum Gasteiger partial charge on any atom is 0.272 e. The summed E-state index contributed by atoms with van der Waals surface area (Å²) in [4.78, 5) is 18.6. The molecule has 1 saturated carbocycles. The van der Waals surface area contributed by atoms with Gasteiger partial charge in [-0.05, 0) is 55.6 Å². The van der Waals surface area contributed by atoms with Crippen molar-refractivity contribution in [3.05, 3.63) is 30.1 Å². The van der Waals surface area contributed by atoms with Crippen molar-refractivity contribution in [3.63, 3.8) is 0 Å². The van der Waals surface area contributed by atoms with Crippen molar-refractivity contribution >= 4 is 5.91 Å². The average Bonchev–Trinajstić information content (AvgIpc) is 3.37. The van der Waals surface area contributed by atoms with Crippen LogP contribution in [0.15, 0.2) is 24.4 Å². The molecule has 2 saturated heterocycles. The Labute approximate surface area is 143 Å². The number of piperidine rings is 1. The number of ether oxygens (including phenoxy) is 2. The van der Waals surface area contributed by atoms with Gasteiger partial charge in [0.25, 0.3) is 5.91 Å². The molecular formula is C19H26N2O3. The quantitative estimate of drug-likeness (QED) is 0.832. The van der Waals surface area contributed by atoms with Gasteiger partial charge < -0.3 is 14.4 Å². The number of likely N-dealkylation sites (tertiary alicyclic amines) is 1. The first kappa shape index (κ1) is 16.0. The molecule has 130 valence electrons. The SMILES string of the molecule is O=C(c1ccccn1)N1CCC2(CC1)CO[C@@H](COCC1CC1)C2. The lowest BCUT2D eigenvalue weighted by molar-refractivity contribution is 0.00937. The lowest BCUT2D eigenvalue weighted by Crippen LogP contribution is -2.43. The van der Waals surface area contributed by atoms with E-state index in [9.17, 15) is 4.79 Å². The van der Waals surface area contributed by atoms with E-state index < -0.39 is 0 Å². The minimum atomic E-state index is 0.0497. The standard InChI is InChI=1S/C19H26N2O3/c22-18(17-3-1-2-8-20-17)21-9-6-19(7-10-21)11-16(24-14-19)13-23-12-15-4-5-15/h1-3,8,15-16H,4-7,9-14H2/t16-/m1/s1. The van der Waals surface area contributed by atoms with Crippen LogP contribution in [0.2, 0.25) is 0 Å². The average molecular weight is 330 g/mol. The van der Waals surface area contributed by atoms with Crippen molar-refractivity contribution in [2.75, 3.05) is 32.9 Å². The van der Waals surface area contributed by atoms with Crippen LogP contribution in [0.5, 0.6) is 0 Å². The van der Waals surface area contributed by atoms with E-state index in [0.717, 1.165) is 58.1 Å². The van der Waals surface area contributed by atoms with Crippen LogP contribution in [-0.4, -0.2) is 54.8 Å². The van der Waals surface area contributed by atoms with Gasteiger partial charge in [-0.3, -0.25) is 9.78 Å². The van der Waals surface area contributed by atoms with E-state index in [-0.39, 0.29) is 17.4 Å². The predicted molar refractivity (Wildman–Crippen MR) is 89.7 cm³/mol. The molecule has 0 N–H and O–H groups in total. The highest BCUT2D eigenvalue weighted by molar-refractivity contribution is 5.92. The maximum absolute atomic E-state index is 12.5. The molecule has 0 radical (unpaired) electrons. The van der Waals surface area contributed by atoms with Crippen LogP contribution in [0.1, 0.15) is 42.6 Å². The molecule has 1 amide bonds. The molecule has 1 aromatic heterocycles. The fourth-order valence-corrected chi connectivity index (χ4v) is 3.84. The van der Waals surface area contributed by atoms with Gasteiger partial charge in [0.05, 0.1) is 19.3 Å². The maximum atomic E-state index is 12.5. The third-order valence-corrected chi connectivity index (χ3v) is 5.64. The Balaban J connectivity index is 1.25. The highest BCUT2D eigenvalue weighted by atomic mass is 16.5. The van der Waals surface area contributed by atoms with Gasteiger partial charge in [-0.2, -0.15) is 0 Å². The number of carbonyl (C=O) groups is 1. The number of amides is 1. The Kier molecular flexibility index (Phi) is 4.55. The molecule has 0 aromatic carbocycles. The lowest BCUT2D eigenvalue weighted by Gasteiger charge is -2.38. The monoisotopic (exact) mass is 330 g/mol. The summed E-state index contributed by atoms with van der Waals surface area (Å²) in [5.74, 6) is 0.856. The van der Waals surface area contributed by atoms with Crippen LogP contribution in [0.4, 0.5) is 0 Å². The van der Waals surface area contributed by atoms with Gasteiger partial charge >= 0.3 is 0 Å². The van der Waals surface area contributed by atoms with E-state index in [4.69, 9.17) is 9.47 Å². The Morgan fingerprint density at radius 1 is 1.29 bits per heavy atom. The smallest absolute Gasteiger partial charge is 0.272 e. The highest BCUT2D eigenvalue weighted by Crippen LogP contribution is 2.42. The Morgan fingerprint density at radius 2 is 2.12 bits per heavy atom. The van der Waals surface area contributed by atoms with E-state index in [1.54, 1.807) is 12.3 Å². The van der Waals surface area contributed by atoms with Crippen LogP contribution < -0.4 is 0 Å². The molecule has 1 aromatic rings. The molecule has 4 rings (SSSR count). The summed E-state index contributed by atoms with van der Waals surface area (Å²) in [5, 5.41) is 0. The van der Waals surface area contributed by atoms with Crippen LogP contribution >= 0.6 is 0 Å². The van der Waals surface area contributed by atoms with Crippen molar-refractivity contribution in [2.24, 2.45) is 11.3 Å². The summed E-state index contributed by atoms with van der Waals surface area (Å²) < 4.78 is 11.8. The lowest BCUT2D eigenvalue weighted by atomic mass is 9.76. The zero-order chi connectivity index (χ0) is 16.4. The Hall–Kier alpha value is -1.46. The number of hydrogen-bond donors (Lipinski definition) is 0. The minimum absolute atomic E-state index is 0.0497. The second-order valence-electron chi connectivity index (χ2n) is 7.63. The summed E-state index contributed by atoms with van der Waals surface area (Å²) in [6, 6.07) is 5.49.